The number of anilines is 1. The van der Waals surface area contributed by atoms with Crippen LogP contribution in [0.4, 0.5) is 5.69 Å². The number of benzene rings is 2. The molecule has 1 aliphatic rings. The Kier molecular flexibility index (Phi) is 8.39. The normalized spacial score (nSPS) is 12.9. The van der Waals surface area contributed by atoms with E-state index in [-0.39, 0.29) is 18.4 Å². The van der Waals surface area contributed by atoms with Gasteiger partial charge in [-0.2, -0.15) is 0 Å². The third-order valence-corrected chi connectivity index (χ3v) is 6.57. The van der Waals surface area contributed by atoms with E-state index in [9.17, 15) is 9.59 Å². The van der Waals surface area contributed by atoms with Crippen LogP contribution in [0, 0.1) is 0 Å². The second kappa shape index (κ2) is 11.9. The Labute approximate surface area is 210 Å². The van der Waals surface area contributed by atoms with Crippen LogP contribution in [0.15, 0.2) is 60.0 Å². The van der Waals surface area contributed by atoms with E-state index < -0.39 is 0 Å². The van der Waals surface area contributed by atoms with E-state index in [4.69, 9.17) is 9.47 Å². The predicted molar refractivity (Wildman–Crippen MR) is 138 cm³/mol. The average molecular weight is 494 g/mol. The van der Waals surface area contributed by atoms with E-state index >= 15 is 0 Å². The zero-order valence-electron chi connectivity index (χ0n) is 20.1. The molecular weight excluding hydrogens is 462 g/mol. The Bertz CT molecular complexity index is 1150. The summed E-state index contributed by atoms with van der Waals surface area (Å²) in [5.74, 6) is 1.13. The molecule has 0 atom stereocenters. The number of nitrogens with one attached hydrogen (secondary N) is 2. The first-order chi connectivity index (χ1) is 17.0. The fraction of sp³-hybridized carbons (Fsp3) is 0.333. The predicted octanol–water partition coefficient (Wildman–Crippen LogP) is 4.69. The number of hydrogen-bond acceptors (Lipinski definition) is 6. The van der Waals surface area contributed by atoms with E-state index in [1.807, 2.05) is 47.5 Å². The van der Waals surface area contributed by atoms with Crippen molar-refractivity contribution in [2.75, 3.05) is 25.5 Å². The molecule has 2 N–H and O–H groups in total. The standard InChI is InChI=1S/C27H31N3O4S/c1-3-30(16-19-9-12-24(25(14-19)33-2)34-18-23-8-5-13-35-23)17-26(31)28-22-7-4-6-20(15-22)27(32)29-21-10-11-21/h4-9,12-15,21H,3,10-11,16-18H2,1-2H3,(H,28,31)(H,29,32). The van der Waals surface area contributed by atoms with Gasteiger partial charge >= 0.3 is 0 Å². The van der Waals surface area contributed by atoms with Crippen molar-refractivity contribution in [1.82, 2.24) is 10.2 Å². The molecule has 0 spiro atoms. The fourth-order valence-electron chi connectivity index (χ4n) is 3.65. The first-order valence-electron chi connectivity index (χ1n) is 11.8. The van der Waals surface area contributed by atoms with Crippen LogP contribution in [-0.2, 0) is 17.9 Å². The minimum atomic E-state index is -0.130. The quantitative estimate of drug-likeness (QED) is 0.383. The van der Waals surface area contributed by atoms with E-state index in [2.05, 4.69) is 10.6 Å². The van der Waals surface area contributed by atoms with Gasteiger partial charge in [-0.15, -0.1) is 11.3 Å². The lowest BCUT2D eigenvalue weighted by Gasteiger charge is -2.21. The van der Waals surface area contributed by atoms with E-state index in [0.717, 1.165) is 23.3 Å². The van der Waals surface area contributed by atoms with Crippen LogP contribution in [0.1, 0.15) is 40.6 Å². The molecule has 1 heterocycles. The van der Waals surface area contributed by atoms with Crippen molar-refractivity contribution >= 4 is 28.8 Å². The fourth-order valence-corrected chi connectivity index (χ4v) is 4.27. The largest absolute Gasteiger partial charge is 0.493 e. The maximum absolute atomic E-state index is 12.7. The Morgan fingerprint density at radius 1 is 1.09 bits per heavy atom. The minimum Gasteiger partial charge on any atom is -0.493 e. The third-order valence-electron chi connectivity index (χ3n) is 5.72. The third kappa shape index (κ3) is 7.31. The summed E-state index contributed by atoms with van der Waals surface area (Å²) in [6.45, 7) is 4.05. The summed E-state index contributed by atoms with van der Waals surface area (Å²) < 4.78 is 11.5. The lowest BCUT2D eigenvalue weighted by atomic mass is 10.1. The number of carbonyl (C=O) groups excluding carboxylic acids is 2. The van der Waals surface area contributed by atoms with Gasteiger partial charge in [-0.1, -0.05) is 25.1 Å². The van der Waals surface area contributed by atoms with E-state index in [1.165, 1.54) is 0 Å². The minimum absolute atomic E-state index is 0.101. The second-order valence-corrected chi connectivity index (χ2v) is 9.57. The molecule has 1 aliphatic carbocycles. The number of ether oxygens (including phenoxy) is 2. The van der Waals surface area contributed by atoms with Gasteiger partial charge in [0, 0.05) is 28.7 Å². The molecule has 1 fully saturated rings. The van der Waals surface area contributed by atoms with Crippen molar-refractivity contribution in [3.63, 3.8) is 0 Å². The van der Waals surface area contributed by atoms with Gasteiger partial charge in [0.2, 0.25) is 5.91 Å². The number of hydrogen-bond donors (Lipinski definition) is 2. The first kappa shape index (κ1) is 24.8. The second-order valence-electron chi connectivity index (χ2n) is 8.53. The Morgan fingerprint density at radius 3 is 2.66 bits per heavy atom. The molecule has 0 unspecified atom stereocenters. The summed E-state index contributed by atoms with van der Waals surface area (Å²) in [6.07, 6.45) is 2.07. The van der Waals surface area contributed by atoms with Crippen molar-refractivity contribution in [2.24, 2.45) is 0 Å². The highest BCUT2D eigenvalue weighted by molar-refractivity contribution is 7.09. The summed E-state index contributed by atoms with van der Waals surface area (Å²) in [5.41, 5.74) is 2.19. The molecule has 184 valence electrons. The van der Waals surface area contributed by atoms with Crippen molar-refractivity contribution in [1.29, 1.82) is 0 Å². The number of rotatable bonds is 12. The van der Waals surface area contributed by atoms with Crippen LogP contribution >= 0.6 is 11.3 Å². The molecule has 35 heavy (non-hydrogen) atoms. The van der Waals surface area contributed by atoms with Gasteiger partial charge in [0.1, 0.15) is 6.61 Å². The summed E-state index contributed by atoms with van der Waals surface area (Å²) in [4.78, 5) is 28.2. The van der Waals surface area contributed by atoms with Gasteiger partial charge in [-0.05, 0) is 66.7 Å². The van der Waals surface area contributed by atoms with Crippen LogP contribution in [0.3, 0.4) is 0 Å². The average Bonchev–Trinajstić information content (AvgIpc) is 3.52. The molecule has 2 aromatic carbocycles. The van der Waals surface area contributed by atoms with Gasteiger partial charge in [0.15, 0.2) is 11.5 Å². The topological polar surface area (TPSA) is 79.9 Å². The van der Waals surface area contributed by atoms with Crippen molar-refractivity contribution < 1.29 is 19.1 Å². The maximum Gasteiger partial charge on any atom is 0.251 e. The Hall–Kier alpha value is -3.36. The number of thiophene rings is 1. The van der Waals surface area contributed by atoms with Crippen LogP contribution in [-0.4, -0.2) is 43.0 Å². The highest BCUT2D eigenvalue weighted by Gasteiger charge is 2.24. The molecule has 4 rings (SSSR count). The number of likely N-dealkylation sites (N-methyl/N-ethyl adjacent to an activating group) is 1. The monoisotopic (exact) mass is 493 g/mol. The van der Waals surface area contributed by atoms with Crippen molar-refractivity contribution in [3.8, 4) is 11.5 Å². The first-order valence-corrected chi connectivity index (χ1v) is 12.7. The Balaban J connectivity index is 1.32. The van der Waals surface area contributed by atoms with Crippen LogP contribution in [0.2, 0.25) is 0 Å². The van der Waals surface area contributed by atoms with Gasteiger partial charge < -0.3 is 20.1 Å². The van der Waals surface area contributed by atoms with Gasteiger partial charge in [0.05, 0.1) is 13.7 Å². The van der Waals surface area contributed by atoms with Gasteiger partial charge in [0.25, 0.3) is 5.91 Å². The van der Waals surface area contributed by atoms with Crippen molar-refractivity contribution in [2.45, 2.75) is 39.0 Å². The Morgan fingerprint density at radius 2 is 1.94 bits per heavy atom. The van der Waals surface area contributed by atoms with E-state index in [0.29, 0.717) is 48.5 Å². The summed E-state index contributed by atoms with van der Waals surface area (Å²) >= 11 is 1.65. The number of carbonyl (C=O) groups is 2. The zero-order chi connectivity index (χ0) is 24.6. The summed E-state index contributed by atoms with van der Waals surface area (Å²) in [6, 6.07) is 17.2. The molecule has 3 aromatic rings. The molecule has 8 heteroatoms. The number of nitrogens with zero attached hydrogens (tertiary/aromatic N) is 1. The SMILES string of the molecule is CCN(CC(=O)Nc1cccc(C(=O)NC2CC2)c1)Cc1ccc(OCc2cccs2)c(OC)c1. The van der Waals surface area contributed by atoms with Crippen LogP contribution in [0.25, 0.3) is 0 Å². The maximum atomic E-state index is 12.7. The molecule has 0 aliphatic heterocycles. The van der Waals surface area contributed by atoms with Crippen molar-refractivity contribution in [3.05, 3.63) is 76.0 Å². The summed E-state index contributed by atoms with van der Waals surface area (Å²) in [5, 5.41) is 7.91. The lowest BCUT2D eigenvalue weighted by Crippen LogP contribution is -2.32. The molecule has 0 bridgehead atoms. The smallest absolute Gasteiger partial charge is 0.251 e. The summed E-state index contributed by atoms with van der Waals surface area (Å²) in [7, 11) is 1.63. The highest BCUT2D eigenvalue weighted by Crippen LogP contribution is 2.30. The lowest BCUT2D eigenvalue weighted by molar-refractivity contribution is -0.117. The molecule has 2 amide bonds. The molecular formula is C27H31N3O4S. The van der Waals surface area contributed by atoms with Crippen LogP contribution < -0.4 is 20.1 Å². The zero-order valence-corrected chi connectivity index (χ0v) is 20.9. The van der Waals surface area contributed by atoms with Gasteiger partial charge in [-0.25, -0.2) is 0 Å². The highest BCUT2D eigenvalue weighted by atomic mass is 32.1. The van der Waals surface area contributed by atoms with Gasteiger partial charge in [-0.3, -0.25) is 14.5 Å². The molecule has 0 radical (unpaired) electrons. The van der Waals surface area contributed by atoms with Crippen LogP contribution in [0.5, 0.6) is 11.5 Å². The molecule has 0 saturated heterocycles. The molecule has 1 aromatic heterocycles. The molecule has 7 nitrogen and oxygen atoms in total. The number of amides is 2. The number of methoxy groups -OCH3 is 1. The van der Waals surface area contributed by atoms with E-state index in [1.54, 1.807) is 42.7 Å². The molecule has 1 saturated carbocycles.